The van der Waals surface area contributed by atoms with E-state index in [-0.39, 0.29) is 5.84 Å². The van der Waals surface area contributed by atoms with E-state index in [0.717, 1.165) is 6.42 Å². The van der Waals surface area contributed by atoms with Crippen LogP contribution in [-0.2, 0) is 6.42 Å². The maximum atomic E-state index is 7.12. The molecule has 1 aromatic rings. The Kier molecular flexibility index (Phi) is 3.51. The van der Waals surface area contributed by atoms with Gasteiger partial charge >= 0.3 is 0 Å². The lowest BCUT2D eigenvalue weighted by molar-refractivity contribution is 1.01. The van der Waals surface area contributed by atoms with Gasteiger partial charge in [0, 0.05) is 26.2 Å². The lowest BCUT2D eigenvalue weighted by atomic mass is 10.1. The number of hydrogen-bond acceptors (Lipinski definition) is 2. The summed E-state index contributed by atoms with van der Waals surface area (Å²) in [5, 5.41) is 7.12. The van der Waals surface area contributed by atoms with Crippen LogP contribution in [0.1, 0.15) is 12.0 Å². The molecule has 0 aliphatic carbocycles. The molecular weight excluding hydrogens is 174 g/mol. The van der Waals surface area contributed by atoms with E-state index in [0.29, 0.717) is 6.42 Å². The summed E-state index contributed by atoms with van der Waals surface area (Å²) in [4.78, 5) is 2.06. The molecule has 0 aliphatic rings. The molecule has 0 aliphatic heterocycles. The monoisotopic (exact) mass is 191 g/mol. The van der Waals surface area contributed by atoms with Gasteiger partial charge in [0.1, 0.15) is 0 Å². The minimum absolute atomic E-state index is 0.252. The average molecular weight is 191 g/mol. The predicted molar refractivity (Wildman–Crippen MR) is 61.0 cm³/mol. The number of rotatable bonds is 4. The molecule has 0 unspecified atom stereocenters. The highest BCUT2D eigenvalue weighted by Crippen LogP contribution is 2.13. The van der Waals surface area contributed by atoms with Crippen molar-refractivity contribution in [2.24, 2.45) is 5.73 Å². The van der Waals surface area contributed by atoms with Crippen LogP contribution >= 0.6 is 0 Å². The van der Waals surface area contributed by atoms with Gasteiger partial charge in [-0.15, -0.1) is 0 Å². The van der Waals surface area contributed by atoms with E-state index >= 15 is 0 Å². The molecule has 3 N–H and O–H groups in total. The fourth-order valence-electron chi connectivity index (χ4n) is 1.24. The molecule has 3 heteroatoms. The first-order valence-electron chi connectivity index (χ1n) is 4.69. The number of benzene rings is 1. The second-order valence-electron chi connectivity index (χ2n) is 3.59. The molecule has 0 fully saturated rings. The first-order valence-corrected chi connectivity index (χ1v) is 4.69. The highest BCUT2D eigenvalue weighted by Gasteiger charge is 1.97. The van der Waals surface area contributed by atoms with E-state index < -0.39 is 0 Å². The molecule has 76 valence electrons. The molecule has 3 nitrogen and oxygen atoms in total. The molecule has 14 heavy (non-hydrogen) atoms. The number of amidine groups is 1. The van der Waals surface area contributed by atoms with E-state index in [1.54, 1.807) is 0 Å². The van der Waals surface area contributed by atoms with Crippen molar-refractivity contribution in [2.45, 2.75) is 12.8 Å². The minimum atomic E-state index is 0.252. The Labute approximate surface area is 85.0 Å². The van der Waals surface area contributed by atoms with Crippen LogP contribution in [0.5, 0.6) is 0 Å². The zero-order valence-electron chi connectivity index (χ0n) is 8.75. The Balaban J connectivity index is 2.59. The Bertz CT molecular complexity index is 301. The van der Waals surface area contributed by atoms with Crippen molar-refractivity contribution in [3.8, 4) is 0 Å². The van der Waals surface area contributed by atoms with Crippen molar-refractivity contribution in [2.75, 3.05) is 19.0 Å². The molecule has 0 spiro atoms. The van der Waals surface area contributed by atoms with Crippen LogP contribution in [0.25, 0.3) is 0 Å². The van der Waals surface area contributed by atoms with Crippen molar-refractivity contribution in [3.05, 3.63) is 29.8 Å². The SMILES string of the molecule is CN(C)c1ccc(CCC(=N)N)cc1. The second kappa shape index (κ2) is 4.65. The first-order chi connectivity index (χ1) is 6.59. The number of anilines is 1. The zero-order chi connectivity index (χ0) is 10.6. The molecule has 0 atom stereocenters. The predicted octanol–water partition coefficient (Wildman–Crippen LogP) is 1.62. The summed E-state index contributed by atoms with van der Waals surface area (Å²) in [6.07, 6.45) is 1.49. The van der Waals surface area contributed by atoms with Gasteiger partial charge in [-0.1, -0.05) is 12.1 Å². The first kappa shape index (κ1) is 10.6. The standard InChI is InChI=1S/C11H17N3/c1-14(2)10-6-3-9(4-7-10)5-8-11(12)13/h3-4,6-7H,5,8H2,1-2H3,(H3,12,13). The van der Waals surface area contributed by atoms with Gasteiger partial charge < -0.3 is 10.6 Å². The molecule has 1 rings (SSSR count). The molecule has 0 saturated heterocycles. The lowest BCUT2D eigenvalue weighted by Gasteiger charge is -2.12. The smallest absolute Gasteiger partial charge is 0.0908 e. The quantitative estimate of drug-likeness (QED) is 0.561. The van der Waals surface area contributed by atoms with Crippen molar-refractivity contribution >= 4 is 11.5 Å². The number of aryl methyl sites for hydroxylation is 1. The van der Waals surface area contributed by atoms with Gasteiger partial charge in [0.05, 0.1) is 5.84 Å². The third-order valence-electron chi connectivity index (χ3n) is 2.14. The fourth-order valence-corrected chi connectivity index (χ4v) is 1.24. The molecule has 0 radical (unpaired) electrons. The normalized spacial score (nSPS) is 9.86. The fraction of sp³-hybridized carbons (Fsp3) is 0.364. The van der Waals surface area contributed by atoms with Crippen LogP contribution in [-0.4, -0.2) is 19.9 Å². The summed E-state index contributed by atoms with van der Waals surface area (Å²) < 4.78 is 0. The van der Waals surface area contributed by atoms with Crippen molar-refractivity contribution in [1.82, 2.24) is 0 Å². The molecule has 1 aromatic carbocycles. The molecular formula is C11H17N3. The average Bonchev–Trinajstić information content (AvgIpc) is 2.15. The van der Waals surface area contributed by atoms with Crippen LogP contribution in [0.3, 0.4) is 0 Å². The van der Waals surface area contributed by atoms with Gasteiger partial charge in [0.2, 0.25) is 0 Å². The maximum Gasteiger partial charge on any atom is 0.0908 e. The van der Waals surface area contributed by atoms with Gasteiger partial charge in [-0.25, -0.2) is 0 Å². The van der Waals surface area contributed by atoms with E-state index in [1.165, 1.54) is 11.3 Å². The van der Waals surface area contributed by atoms with E-state index in [1.807, 2.05) is 14.1 Å². The Morgan fingerprint density at radius 3 is 2.29 bits per heavy atom. The second-order valence-corrected chi connectivity index (χ2v) is 3.59. The molecule has 0 saturated carbocycles. The van der Waals surface area contributed by atoms with Crippen LogP contribution in [0.15, 0.2) is 24.3 Å². The van der Waals surface area contributed by atoms with Crippen molar-refractivity contribution < 1.29 is 0 Å². The van der Waals surface area contributed by atoms with Crippen LogP contribution in [0, 0.1) is 5.41 Å². The van der Waals surface area contributed by atoms with Gasteiger partial charge in [0.15, 0.2) is 0 Å². The van der Waals surface area contributed by atoms with Gasteiger partial charge in [-0.05, 0) is 24.1 Å². The van der Waals surface area contributed by atoms with E-state index in [4.69, 9.17) is 11.1 Å². The maximum absolute atomic E-state index is 7.12. The van der Waals surface area contributed by atoms with Crippen LogP contribution in [0.2, 0.25) is 0 Å². The van der Waals surface area contributed by atoms with Gasteiger partial charge in [-0.2, -0.15) is 0 Å². The third-order valence-corrected chi connectivity index (χ3v) is 2.14. The molecule has 0 amide bonds. The zero-order valence-corrected chi connectivity index (χ0v) is 8.75. The van der Waals surface area contributed by atoms with Gasteiger partial charge in [-0.3, -0.25) is 5.41 Å². The highest BCUT2D eigenvalue weighted by molar-refractivity contribution is 5.77. The van der Waals surface area contributed by atoms with Crippen molar-refractivity contribution in [3.63, 3.8) is 0 Å². The number of nitrogens with two attached hydrogens (primary N) is 1. The number of nitrogens with one attached hydrogen (secondary N) is 1. The van der Waals surface area contributed by atoms with E-state index in [2.05, 4.69) is 29.2 Å². The molecule has 0 aromatic heterocycles. The summed E-state index contributed by atoms with van der Waals surface area (Å²) in [5.74, 6) is 0.252. The number of hydrogen-bond donors (Lipinski definition) is 2. The summed E-state index contributed by atoms with van der Waals surface area (Å²) in [5.41, 5.74) is 7.71. The summed E-state index contributed by atoms with van der Waals surface area (Å²) in [6.45, 7) is 0. The van der Waals surface area contributed by atoms with Crippen molar-refractivity contribution in [1.29, 1.82) is 5.41 Å². The molecule has 0 heterocycles. The van der Waals surface area contributed by atoms with Crippen LogP contribution in [0.4, 0.5) is 5.69 Å². The van der Waals surface area contributed by atoms with Gasteiger partial charge in [0.25, 0.3) is 0 Å². The third kappa shape index (κ3) is 3.09. The minimum Gasteiger partial charge on any atom is -0.388 e. The molecule has 0 bridgehead atoms. The Morgan fingerprint density at radius 1 is 1.29 bits per heavy atom. The largest absolute Gasteiger partial charge is 0.388 e. The lowest BCUT2D eigenvalue weighted by Crippen LogP contribution is -2.10. The summed E-state index contributed by atoms with van der Waals surface area (Å²) in [7, 11) is 4.04. The number of nitrogens with zero attached hydrogens (tertiary/aromatic N) is 1. The Hall–Kier alpha value is -1.51. The summed E-state index contributed by atoms with van der Waals surface area (Å²) in [6, 6.07) is 8.32. The van der Waals surface area contributed by atoms with E-state index in [9.17, 15) is 0 Å². The Morgan fingerprint density at radius 2 is 1.86 bits per heavy atom. The highest BCUT2D eigenvalue weighted by atomic mass is 15.1. The summed E-state index contributed by atoms with van der Waals surface area (Å²) >= 11 is 0. The topological polar surface area (TPSA) is 53.1 Å². The van der Waals surface area contributed by atoms with Crippen LogP contribution < -0.4 is 10.6 Å².